The summed E-state index contributed by atoms with van der Waals surface area (Å²) in [4.78, 5) is 23.7. The van der Waals surface area contributed by atoms with Gasteiger partial charge in [0.1, 0.15) is 0 Å². The van der Waals surface area contributed by atoms with E-state index in [1.807, 2.05) is 35.8 Å². The third kappa shape index (κ3) is 5.80. The van der Waals surface area contributed by atoms with Crippen molar-refractivity contribution in [1.29, 1.82) is 0 Å². The highest BCUT2D eigenvalue weighted by Gasteiger charge is 2.22. The lowest BCUT2D eigenvalue weighted by Gasteiger charge is -2.13. The predicted octanol–water partition coefficient (Wildman–Crippen LogP) is 2.23. The van der Waals surface area contributed by atoms with Crippen LogP contribution in [0.4, 0.5) is 4.79 Å². The molecule has 1 aromatic heterocycles. The Morgan fingerprint density at radius 2 is 2.11 bits per heavy atom. The monoisotopic (exact) mass is 391 g/mol. The summed E-state index contributed by atoms with van der Waals surface area (Å²) in [5.41, 5.74) is 2.07. The van der Waals surface area contributed by atoms with E-state index in [1.165, 1.54) is 11.8 Å². The lowest BCUT2D eigenvalue weighted by atomic mass is 10.1. The number of nitrogens with one attached hydrogen (secondary N) is 2. The Bertz CT molecular complexity index is 793. The fourth-order valence-corrected chi connectivity index (χ4v) is 3.26. The minimum Gasteiger partial charge on any atom is -0.383 e. The molecule has 27 heavy (non-hydrogen) atoms. The lowest BCUT2D eigenvalue weighted by Crippen LogP contribution is -2.42. The number of amides is 3. The maximum absolute atomic E-state index is 12.2. The number of nitrogens with zero attached hydrogens (tertiary/aromatic N) is 3. The molecule has 1 heterocycles. The smallest absolute Gasteiger partial charge is 0.321 e. The summed E-state index contributed by atoms with van der Waals surface area (Å²) < 4.78 is 7.13. The van der Waals surface area contributed by atoms with Gasteiger partial charge in [-0.25, -0.2) is 4.79 Å². The molecule has 0 radical (unpaired) electrons. The molecule has 0 bridgehead atoms. The molecule has 3 amide bonds. The van der Waals surface area contributed by atoms with E-state index < -0.39 is 11.3 Å². The number of aromatic nitrogens is 3. The average Bonchev–Trinajstić information content (AvgIpc) is 3.02. The van der Waals surface area contributed by atoms with Gasteiger partial charge < -0.3 is 10.1 Å². The van der Waals surface area contributed by atoms with Crippen LogP contribution in [0, 0.1) is 6.92 Å². The minimum absolute atomic E-state index is 0.385. The zero-order chi connectivity index (χ0) is 19.8. The van der Waals surface area contributed by atoms with Crippen molar-refractivity contribution in [3.8, 4) is 11.4 Å². The van der Waals surface area contributed by atoms with Crippen LogP contribution in [0.3, 0.4) is 0 Å². The van der Waals surface area contributed by atoms with Crippen molar-refractivity contribution in [2.75, 3.05) is 20.3 Å². The Hall–Kier alpha value is -2.39. The van der Waals surface area contributed by atoms with Crippen LogP contribution in [0.25, 0.3) is 11.4 Å². The van der Waals surface area contributed by atoms with Gasteiger partial charge in [-0.1, -0.05) is 35.5 Å². The zero-order valence-electron chi connectivity index (χ0n) is 16.0. The maximum Gasteiger partial charge on any atom is 0.321 e. The predicted molar refractivity (Wildman–Crippen MR) is 105 cm³/mol. The molecule has 2 aromatic rings. The summed E-state index contributed by atoms with van der Waals surface area (Å²) in [6.07, 6.45) is 0. The molecule has 8 nitrogen and oxygen atoms in total. The molecule has 0 aliphatic carbocycles. The summed E-state index contributed by atoms with van der Waals surface area (Å²) in [5, 5.41) is 13.5. The van der Waals surface area contributed by atoms with Crippen molar-refractivity contribution < 1.29 is 14.3 Å². The van der Waals surface area contributed by atoms with Crippen molar-refractivity contribution in [2.24, 2.45) is 0 Å². The topological polar surface area (TPSA) is 98.1 Å². The van der Waals surface area contributed by atoms with Gasteiger partial charge in [-0.2, -0.15) is 0 Å². The number of carbonyl (C=O) groups is 2. The van der Waals surface area contributed by atoms with Crippen LogP contribution in [0.1, 0.15) is 19.4 Å². The first-order valence-electron chi connectivity index (χ1n) is 8.70. The summed E-state index contributed by atoms with van der Waals surface area (Å²) in [7, 11) is 1.63. The molecule has 0 saturated carbocycles. The van der Waals surface area contributed by atoms with Crippen molar-refractivity contribution in [3.63, 3.8) is 0 Å². The molecular formula is C18H25N5O3S. The molecule has 0 fully saturated rings. The van der Waals surface area contributed by atoms with Crippen LogP contribution in [0.2, 0.25) is 0 Å². The molecule has 1 unspecified atom stereocenters. The van der Waals surface area contributed by atoms with E-state index in [-0.39, 0.29) is 5.91 Å². The fourth-order valence-electron chi connectivity index (χ4n) is 2.39. The van der Waals surface area contributed by atoms with Gasteiger partial charge in [-0.15, -0.1) is 10.2 Å². The second-order valence-corrected chi connectivity index (χ2v) is 7.24. The molecule has 0 aliphatic heterocycles. The number of urea groups is 1. The highest BCUT2D eigenvalue weighted by Crippen LogP contribution is 2.27. The molecule has 2 N–H and O–H groups in total. The van der Waals surface area contributed by atoms with Gasteiger partial charge in [-0.3, -0.25) is 14.7 Å². The minimum atomic E-state index is -0.511. The van der Waals surface area contributed by atoms with Crippen molar-refractivity contribution >= 4 is 23.7 Å². The number of methoxy groups -OCH3 is 1. The van der Waals surface area contributed by atoms with Crippen LogP contribution in [-0.2, 0) is 16.1 Å². The Morgan fingerprint density at radius 1 is 1.33 bits per heavy atom. The number of hydrogen-bond acceptors (Lipinski definition) is 6. The number of hydrogen-bond donors (Lipinski definition) is 2. The van der Waals surface area contributed by atoms with Crippen LogP contribution in [0.15, 0.2) is 29.4 Å². The van der Waals surface area contributed by atoms with Crippen molar-refractivity contribution in [1.82, 2.24) is 25.4 Å². The SMILES string of the molecule is CCNC(=O)NC(=O)C(C)Sc1nnc(-c2cccc(C)c2)n1CCOC. The Kier molecular flexibility index (Phi) is 7.81. The molecule has 0 spiro atoms. The van der Waals surface area contributed by atoms with Gasteiger partial charge in [0.05, 0.1) is 18.4 Å². The maximum atomic E-state index is 12.2. The number of aryl methyl sites for hydroxylation is 1. The Balaban J connectivity index is 2.20. The summed E-state index contributed by atoms with van der Waals surface area (Å²) in [6.45, 7) is 7.02. The molecule has 0 aliphatic rings. The third-order valence-electron chi connectivity index (χ3n) is 3.74. The van der Waals surface area contributed by atoms with E-state index in [1.54, 1.807) is 21.0 Å². The number of imide groups is 1. The second-order valence-electron chi connectivity index (χ2n) is 5.93. The van der Waals surface area contributed by atoms with Crippen LogP contribution >= 0.6 is 11.8 Å². The normalized spacial score (nSPS) is 11.9. The van der Waals surface area contributed by atoms with Crippen LogP contribution in [0.5, 0.6) is 0 Å². The molecule has 1 atom stereocenters. The van der Waals surface area contributed by atoms with Crippen LogP contribution in [-0.4, -0.2) is 52.2 Å². The summed E-state index contributed by atoms with van der Waals surface area (Å²) >= 11 is 1.25. The Morgan fingerprint density at radius 3 is 2.78 bits per heavy atom. The van der Waals surface area contributed by atoms with Gasteiger partial charge in [0.25, 0.3) is 0 Å². The highest BCUT2D eigenvalue weighted by molar-refractivity contribution is 8.00. The van der Waals surface area contributed by atoms with Crippen LogP contribution < -0.4 is 10.6 Å². The summed E-state index contributed by atoms with van der Waals surface area (Å²) in [6, 6.07) is 7.49. The van der Waals surface area contributed by atoms with E-state index in [9.17, 15) is 9.59 Å². The molecule has 9 heteroatoms. The molecular weight excluding hydrogens is 366 g/mol. The third-order valence-corrected chi connectivity index (χ3v) is 4.82. The summed E-state index contributed by atoms with van der Waals surface area (Å²) in [5.74, 6) is 0.332. The van der Waals surface area contributed by atoms with Gasteiger partial charge in [0.2, 0.25) is 5.91 Å². The van der Waals surface area contributed by atoms with E-state index in [0.717, 1.165) is 17.0 Å². The van der Waals surface area contributed by atoms with Gasteiger partial charge >= 0.3 is 6.03 Å². The molecule has 146 valence electrons. The highest BCUT2D eigenvalue weighted by atomic mass is 32.2. The largest absolute Gasteiger partial charge is 0.383 e. The van der Waals surface area contributed by atoms with E-state index in [4.69, 9.17) is 4.74 Å². The molecule has 2 rings (SSSR count). The van der Waals surface area contributed by atoms with Gasteiger partial charge in [0, 0.05) is 19.2 Å². The number of thioether (sulfide) groups is 1. The standard InChI is InChI=1S/C18H25N5O3S/c1-5-19-17(25)20-16(24)13(3)27-18-22-21-15(23(18)9-10-26-4)14-8-6-7-12(2)11-14/h6-8,11,13H,5,9-10H2,1-4H3,(H2,19,20,24,25). The van der Waals surface area contributed by atoms with E-state index in [2.05, 4.69) is 20.8 Å². The second kappa shape index (κ2) is 10.1. The average molecular weight is 391 g/mol. The van der Waals surface area contributed by atoms with Crippen molar-refractivity contribution in [2.45, 2.75) is 37.7 Å². The first-order valence-corrected chi connectivity index (χ1v) is 9.58. The number of rotatable bonds is 8. The van der Waals surface area contributed by atoms with Crippen molar-refractivity contribution in [3.05, 3.63) is 29.8 Å². The quantitative estimate of drug-likeness (QED) is 0.670. The number of benzene rings is 1. The zero-order valence-corrected chi connectivity index (χ0v) is 16.8. The van der Waals surface area contributed by atoms with Gasteiger partial charge in [-0.05, 0) is 26.8 Å². The fraction of sp³-hybridized carbons (Fsp3) is 0.444. The Labute approximate surface area is 163 Å². The lowest BCUT2D eigenvalue weighted by molar-refractivity contribution is -0.119. The van der Waals surface area contributed by atoms with Gasteiger partial charge in [0.15, 0.2) is 11.0 Å². The molecule has 1 aromatic carbocycles. The number of ether oxygens (including phenoxy) is 1. The van der Waals surface area contributed by atoms with E-state index in [0.29, 0.717) is 24.9 Å². The number of carbonyl (C=O) groups excluding carboxylic acids is 2. The molecule has 0 saturated heterocycles. The first kappa shape index (κ1) is 20.9. The van der Waals surface area contributed by atoms with E-state index >= 15 is 0 Å². The first-order chi connectivity index (χ1) is 13.0.